The highest BCUT2D eigenvalue weighted by Gasteiger charge is 2.31. The van der Waals surface area contributed by atoms with Crippen molar-refractivity contribution < 1.29 is 29.4 Å². The number of hydrogen-bond donors (Lipinski definition) is 4. The third-order valence-corrected chi connectivity index (χ3v) is 5.78. The Labute approximate surface area is 223 Å². The van der Waals surface area contributed by atoms with Crippen LogP contribution in [-0.4, -0.2) is 28.4 Å². The number of hydroxylamine groups is 1. The van der Waals surface area contributed by atoms with Gasteiger partial charge < -0.3 is 14.6 Å². The van der Waals surface area contributed by atoms with Gasteiger partial charge >= 0.3 is 6.09 Å². The number of aromatic hydroxyl groups is 1. The Morgan fingerprint density at radius 2 is 1.75 bits per heavy atom. The first-order chi connectivity index (χ1) is 17.3. The second-order valence-corrected chi connectivity index (χ2v) is 8.97. The summed E-state index contributed by atoms with van der Waals surface area (Å²) in [7, 11) is 0. The van der Waals surface area contributed by atoms with Gasteiger partial charge in [-0.2, -0.15) is 5.26 Å². The van der Waals surface area contributed by atoms with E-state index < -0.39 is 24.2 Å². The number of rotatable bonds is 8. The van der Waals surface area contributed by atoms with E-state index in [0.29, 0.717) is 25.9 Å². The van der Waals surface area contributed by atoms with Gasteiger partial charge in [0.1, 0.15) is 11.5 Å². The maximum Gasteiger partial charge on any atom is 0.412 e. The lowest BCUT2D eigenvalue weighted by atomic mass is 10.0. The molecule has 9 nitrogen and oxygen atoms in total. The first-order valence-corrected chi connectivity index (χ1v) is 11.9. The molecule has 0 aromatic heterocycles. The summed E-state index contributed by atoms with van der Waals surface area (Å²) in [6, 6.07) is 19.8. The van der Waals surface area contributed by atoms with Crippen LogP contribution in [0.4, 0.5) is 10.5 Å². The summed E-state index contributed by atoms with van der Waals surface area (Å²) in [5.41, 5.74) is 2.44. The molecule has 2 atom stereocenters. The maximum atomic E-state index is 12.9. The summed E-state index contributed by atoms with van der Waals surface area (Å²) in [4.78, 5) is 24.6. The summed E-state index contributed by atoms with van der Waals surface area (Å²) < 4.78 is 12.6. The standard InChI is InChI=1S/C25H19Br2N3O6/c26-16-12-19(23(32)20(27)13-16)24(36-25(33)29-17-8-6-15(14-28)7-9-17)21(10-11-22(31)30-34)35-18-4-2-1-3-5-18/h1-13,21,24,32,34H,(H,29,33)(H,30,31)/b11-10+/t21-,24-/m1/s1. The second-order valence-electron chi connectivity index (χ2n) is 7.20. The van der Waals surface area contributed by atoms with Crippen LogP contribution in [0.25, 0.3) is 0 Å². The minimum absolute atomic E-state index is 0.168. The summed E-state index contributed by atoms with van der Waals surface area (Å²) >= 11 is 6.63. The van der Waals surface area contributed by atoms with E-state index in [1.165, 1.54) is 35.8 Å². The molecule has 3 rings (SSSR count). The highest BCUT2D eigenvalue weighted by atomic mass is 79.9. The van der Waals surface area contributed by atoms with Gasteiger partial charge in [0.15, 0.2) is 12.2 Å². The van der Waals surface area contributed by atoms with Crippen molar-refractivity contribution in [3.63, 3.8) is 0 Å². The highest BCUT2D eigenvalue weighted by Crippen LogP contribution is 2.39. The molecule has 0 saturated heterocycles. The summed E-state index contributed by atoms with van der Waals surface area (Å²) in [6.45, 7) is 0. The van der Waals surface area contributed by atoms with Crippen molar-refractivity contribution in [1.82, 2.24) is 5.48 Å². The van der Waals surface area contributed by atoms with Crippen molar-refractivity contribution in [2.45, 2.75) is 12.2 Å². The van der Waals surface area contributed by atoms with Crippen molar-refractivity contribution >= 4 is 49.5 Å². The number of phenolic OH excluding ortho intramolecular Hbond substituents is 1. The van der Waals surface area contributed by atoms with E-state index in [9.17, 15) is 14.7 Å². The smallest absolute Gasteiger partial charge is 0.412 e. The number of hydrogen-bond acceptors (Lipinski definition) is 7. The number of anilines is 1. The average Bonchev–Trinajstić information content (AvgIpc) is 2.88. The Morgan fingerprint density at radius 3 is 2.39 bits per heavy atom. The second kappa shape index (κ2) is 12.7. The number of ether oxygens (including phenoxy) is 2. The van der Waals surface area contributed by atoms with Crippen LogP contribution in [0.2, 0.25) is 0 Å². The molecule has 0 fully saturated rings. The molecule has 36 heavy (non-hydrogen) atoms. The third-order valence-electron chi connectivity index (χ3n) is 4.72. The molecular weight excluding hydrogens is 598 g/mol. The minimum atomic E-state index is -1.26. The first kappa shape index (κ1) is 26.7. The molecule has 0 radical (unpaired) electrons. The van der Waals surface area contributed by atoms with Crippen LogP contribution in [0.5, 0.6) is 11.5 Å². The van der Waals surface area contributed by atoms with Crippen LogP contribution >= 0.6 is 31.9 Å². The number of nitrogens with zero attached hydrogens (tertiary/aromatic N) is 1. The zero-order chi connectivity index (χ0) is 26.1. The Bertz CT molecular complexity index is 1290. The number of halogens is 2. The van der Waals surface area contributed by atoms with Crippen LogP contribution in [0.3, 0.4) is 0 Å². The molecular formula is C25H19Br2N3O6. The maximum absolute atomic E-state index is 12.9. The van der Waals surface area contributed by atoms with E-state index in [1.807, 2.05) is 6.07 Å². The number of phenols is 1. The first-order valence-electron chi connectivity index (χ1n) is 10.3. The van der Waals surface area contributed by atoms with E-state index in [0.717, 1.165) is 6.08 Å². The van der Waals surface area contributed by atoms with Crippen molar-refractivity contribution in [2.75, 3.05) is 5.32 Å². The van der Waals surface area contributed by atoms with Crippen molar-refractivity contribution in [2.24, 2.45) is 0 Å². The lowest BCUT2D eigenvalue weighted by molar-refractivity contribution is -0.124. The number of carbonyl (C=O) groups is 2. The fourth-order valence-corrected chi connectivity index (χ4v) is 4.34. The lowest BCUT2D eigenvalue weighted by Gasteiger charge is -2.27. The largest absolute Gasteiger partial charge is 0.506 e. The summed E-state index contributed by atoms with van der Waals surface area (Å²) in [5, 5.41) is 31.2. The van der Waals surface area contributed by atoms with Crippen LogP contribution in [0, 0.1) is 11.3 Å². The molecule has 3 aromatic rings. The fourth-order valence-electron chi connectivity index (χ4n) is 3.08. The van der Waals surface area contributed by atoms with Gasteiger partial charge in [0.05, 0.1) is 16.1 Å². The Kier molecular flexibility index (Phi) is 9.46. The molecule has 0 aliphatic rings. The quantitative estimate of drug-likeness (QED) is 0.147. The highest BCUT2D eigenvalue weighted by molar-refractivity contribution is 9.11. The van der Waals surface area contributed by atoms with E-state index in [-0.39, 0.29) is 11.3 Å². The van der Waals surface area contributed by atoms with Gasteiger partial charge in [-0.05, 0) is 70.5 Å². The third kappa shape index (κ3) is 7.32. The number of nitrogens with one attached hydrogen (secondary N) is 2. The topological polar surface area (TPSA) is 141 Å². The van der Waals surface area contributed by atoms with Gasteiger partial charge in [0, 0.05) is 21.8 Å². The Morgan fingerprint density at radius 1 is 1.06 bits per heavy atom. The van der Waals surface area contributed by atoms with E-state index in [4.69, 9.17) is 19.9 Å². The predicted molar refractivity (Wildman–Crippen MR) is 137 cm³/mol. The zero-order valence-corrected chi connectivity index (χ0v) is 21.6. The van der Waals surface area contributed by atoms with Gasteiger partial charge in [-0.1, -0.05) is 34.1 Å². The molecule has 0 heterocycles. The molecule has 0 spiro atoms. The van der Waals surface area contributed by atoms with E-state index in [2.05, 4.69) is 37.2 Å². The number of carbonyl (C=O) groups excluding carboxylic acids is 2. The Hall–Kier alpha value is -3.85. The van der Waals surface area contributed by atoms with Gasteiger partial charge in [-0.15, -0.1) is 0 Å². The molecule has 2 amide bonds. The van der Waals surface area contributed by atoms with Gasteiger partial charge in [0.2, 0.25) is 0 Å². The molecule has 0 unspecified atom stereocenters. The average molecular weight is 617 g/mol. The molecule has 0 saturated carbocycles. The zero-order valence-electron chi connectivity index (χ0n) is 18.4. The monoisotopic (exact) mass is 615 g/mol. The van der Waals surface area contributed by atoms with Crippen LogP contribution in [-0.2, 0) is 9.53 Å². The van der Waals surface area contributed by atoms with Crippen molar-refractivity contribution in [3.8, 4) is 17.6 Å². The van der Waals surface area contributed by atoms with E-state index >= 15 is 0 Å². The molecule has 0 aliphatic carbocycles. The molecule has 0 bridgehead atoms. The Balaban J connectivity index is 2.01. The summed E-state index contributed by atoms with van der Waals surface area (Å²) in [6.07, 6.45) is -0.982. The fraction of sp³-hybridized carbons (Fsp3) is 0.0800. The van der Waals surface area contributed by atoms with Crippen LogP contribution in [0.15, 0.2) is 87.8 Å². The van der Waals surface area contributed by atoms with Crippen molar-refractivity contribution in [1.29, 1.82) is 5.26 Å². The van der Waals surface area contributed by atoms with Crippen LogP contribution in [0.1, 0.15) is 17.2 Å². The number of amides is 2. The number of benzene rings is 3. The normalized spacial score (nSPS) is 12.3. The molecule has 3 aromatic carbocycles. The van der Waals surface area contributed by atoms with Gasteiger partial charge in [-0.25, -0.2) is 10.3 Å². The molecule has 4 N–H and O–H groups in total. The number of para-hydroxylation sites is 1. The lowest BCUT2D eigenvalue weighted by Crippen LogP contribution is -2.30. The number of nitriles is 1. The SMILES string of the molecule is N#Cc1ccc(NC(=O)O[C@H](c2cc(Br)cc(Br)c2O)[C@@H](/C=C/C(=O)NO)Oc2ccccc2)cc1. The molecule has 184 valence electrons. The van der Waals surface area contributed by atoms with Gasteiger partial charge in [0.25, 0.3) is 5.91 Å². The summed E-state index contributed by atoms with van der Waals surface area (Å²) in [5.74, 6) is -0.653. The molecule has 11 heteroatoms. The van der Waals surface area contributed by atoms with E-state index in [1.54, 1.807) is 42.5 Å². The van der Waals surface area contributed by atoms with Crippen LogP contribution < -0.4 is 15.5 Å². The molecule has 0 aliphatic heterocycles. The minimum Gasteiger partial charge on any atom is -0.506 e. The van der Waals surface area contributed by atoms with Crippen molar-refractivity contribution in [3.05, 3.63) is 99.0 Å². The van der Waals surface area contributed by atoms with Gasteiger partial charge in [-0.3, -0.25) is 15.3 Å². The predicted octanol–water partition coefficient (Wildman–Crippen LogP) is 5.59.